The largest absolute Gasteiger partial charge is 0.399 e. The maximum Gasteiger partial charge on any atom is 0.221 e. The molecular weight excluding hydrogens is 284 g/mol. The fourth-order valence-electron chi connectivity index (χ4n) is 2.04. The molecule has 1 heterocycles. The van der Waals surface area contributed by atoms with Gasteiger partial charge < -0.3 is 11.5 Å². The number of benzene rings is 2. The minimum absolute atomic E-state index is 0.231. The molecule has 4 nitrogen and oxygen atoms in total. The zero-order valence-electron chi connectivity index (χ0n) is 11.1. The highest BCUT2D eigenvalue weighted by atomic mass is 35.5. The summed E-state index contributed by atoms with van der Waals surface area (Å²) in [5, 5.41) is 0.680. The predicted octanol–water partition coefficient (Wildman–Crippen LogP) is 3.63. The first kappa shape index (κ1) is 13.4. The molecule has 0 aliphatic carbocycles. The van der Waals surface area contributed by atoms with Crippen molar-refractivity contribution in [1.82, 2.24) is 9.97 Å². The Bertz CT molecular complexity index is 704. The van der Waals surface area contributed by atoms with E-state index in [2.05, 4.69) is 9.97 Å². The molecule has 0 amide bonds. The van der Waals surface area contributed by atoms with Crippen LogP contribution in [0.4, 0.5) is 11.6 Å². The molecule has 0 saturated carbocycles. The van der Waals surface area contributed by atoms with Crippen LogP contribution in [0, 0.1) is 0 Å². The monoisotopic (exact) mass is 296 g/mol. The summed E-state index contributed by atoms with van der Waals surface area (Å²) in [6.45, 7) is 0. The number of aromatic nitrogens is 2. The number of anilines is 2. The predicted molar refractivity (Wildman–Crippen MR) is 86.7 cm³/mol. The SMILES string of the molecule is Nc1ccc(-c2cc(-c3ccc(Cl)cc3)nc(N)n2)cc1. The lowest BCUT2D eigenvalue weighted by Gasteiger charge is -2.07. The lowest BCUT2D eigenvalue weighted by molar-refractivity contribution is 1.19. The fraction of sp³-hybridized carbons (Fsp3) is 0. The van der Waals surface area contributed by atoms with Crippen LogP contribution < -0.4 is 11.5 Å². The summed E-state index contributed by atoms with van der Waals surface area (Å²) in [5.41, 5.74) is 15.6. The fourth-order valence-corrected chi connectivity index (χ4v) is 2.16. The van der Waals surface area contributed by atoms with Crippen molar-refractivity contribution in [3.8, 4) is 22.5 Å². The number of rotatable bonds is 2. The van der Waals surface area contributed by atoms with Crippen LogP contribution in [-0.2, 0) is 0 Å². The third-order valence-electron chi connectivity index (χ3n) is 3.09. The van der Waals surface area contributed by atoms with Crippen molar-refractivity contribution < 1.29 is 0 Å². The molecule has 21 heavy (non-hydrogen) atoms. The third-order valence-corrected chi connectivity index (χ3v) is 3.34. The van der Waals surface area contributed by atoms with Crippen molar-refractivity contribution in [2.75, 3.05) is 11.5 Å². The number of nitrogens with two attached hydrogens (primary N) is 2. The Labute approximate surface area is 127 Å². The first-order chi connectivity index (χ1) is 10.1. The molecule has 0 atom stereocenters. The van der Waals surface area contributed by atoms with Crippen molar-refractivity contribution in [3.63, 3.8) is 0 Å². The van der Waals surface area contributed by atoms with Gasteiger partial charge in [-0.25, -0.2) is 9.97 Å². The number of hydrogen-bond acceptors (Lipinski definition) is 4. The second-order valence-electron chi connectivity index (χ2n) is 4.63. The molecule has 0 aliphatic heterocycles. The molecule has 0 bridgehead atoms. The van der Waals surface area contributed by atoms with Crippen LogP contribution in [0.1, 0.15) is 0 Å². The molecule has 3 rings (SSSR count). The van der Waals surface area contributed by atoms with Gasteiger partial charge >= 0.3 is 0 Å². The van der Waals surface area contributed by atoms with Crippen LogP contribution in [0.3, 0.4) is 0 Å². The summed E-state index contributed by atoms with van der Waals surface area (Å²) in [5.74, 6) is 0.231. The molecule has 0 spiro atoms. The topological polar surface area (TPSA) is 77.8 Å². The summed E-state index contributed by atoms with van der Waals surface area (Å²) in [6.07, 6.45) is 0. The van der Waals surface area contributed by atoms with Crippen LogP contribution in [0.5, 0.6) is 0 Å². The molecule has 0 radical (unpaired) electrons. The van der Waals surface area contributed by atoms with Gasteiger partial charge in [0.2, 0.25) is 5.95 Å². The summed E-state index contributed by atoms with van der Waals surface area (Å²) >= 11 is 5.90. The summed E-state index contributed by atoms with van der Waals surface area (Å²) in [7, 11) is 0. The highest BCUT2D eigenvalue weighted by Crippen LogP contribution is 2.25. The van der Waals surface area contributed by atoms with Crippen molar-refractivity contribution >= 4 is 23.2 Å². The second-order valence-corrected chi connectivity index (χ2v) is 5.06. The minimum atomic E-state index is 0.231. The molecule has 104 valence electrons. The van der Waals surface area contributed by atoms with E-state index in [9.17, 15) is 0 Å². The van der Waals surface area contributed by atoms with Crippen LogP contribution in [0.15, 0.2) is 54.6 Å². The molecule has 0 unspecified atom stereocenters. The zero-order chi connectivity index (χ0) is 14.8. The molecular formula is C16H13ClN4. The van der Waals surface area contributed by atoms with Crippen LogP contribution in [0.2, 0.25) is 5.02 Å². The Morgan fingerprint density at radius 1 is 0.714 bits per heavy atom. The standard InChI is InChI=1S/C16H13ClN4/c17-12-5-1-10(2-6-12)14-9-15(21-16(19)20-14)11-3-7-13(18)8-4-11/h1-9H,18H2,(H2,19,20,21). The Balaban J connectivity index is 2.07. The van der Waals surface area contributed by atoms with Gasteiger partial charge in [-0.05, 0) is 30.3 Å². The highest BCUT2D eigenvalue weighted by molar-refractivity contribution is 6.30. The molecule has 4 N–H and O–H groups in total. The van der Waals surface area contributed by atoms with Crippen molar-refractivity contribution in [3.05, 3.63) is 59.6 Å². The van der Waals surface area contributed by atoms with Gasteiger partial charge in [0.1, 0.15) is 0 Å². The van der Waals surface area contributed by atoms with E-state index in [4.69, 9.17) is 23.1 Å². The van der Waals surface area contributed by atoms with E-state index in [1.54, 1.807) is 0 Å². The van der Waals surface area contributed by atoms with Gasteiger partial charge in [-0.1, -0.05) is 35.9 Å². The van der Waals surface area contributed by atoms with E-state index in [0.717, 1.165) is 22.5 Å². The van der Waals surface area contributed by atoms with Crippen molar-refractivity contribution in [2.45, 2.75) is 0 Å². The third kappa shape index (κ3) is 2.95. The van der Waals surface area contributed by atoms with Gasteiger partial charge in [0.05, 0.1) is 11.4 Å². The number of halogens is 1. The Hall–Kier alpha value is -2.59. The zero-order valence-corrected chi connectivity index (χ0v) is 11.9. The molecule has 0 aliphatic rings. The molecule has 0 saturated heterocycles. The maximum absolute atomic E-state index is 5.90. The maximum atomic E-state index is 5.90. The molecule has 0 fully saturated rings. The Kier molecular flexibility index (Phi) is 3.46. The first-order valence-electron chi connectivity index (χ1n) is 6.38. The first-order valence-corrected chi connectivity index (χ1v) is 6.76. The molecule has 1 aromatic heterocycles. The van der Waals surface area contributed by atoms with Gasteiger partial charge in [-0.15, -0.1) is 0 Å². The van der Waals surface area contributed by atoms with Crippen LogP contribution in [0.25, 0.3) is 22.5 Å². The summed E-state index contributed by atoms with van der Waals surface area (Å²) < 4.78 is 0. The molecule has 2 aromatic carbocycles. The normalized spacial score (nSPS) is 10.5. The summed E-state index contributed by atoms with van der Waals surface area (Å²) in [6, 6.07) is 16.8. The van der Waals surface area contributed by atoms with E-state index < -0.39 is 0 Å². The quantitative estimate of drug-likeness (QED) is 0.708. The van der Waals surface area contributed by atoms with E-state index >= 15 is 0 Å². The molecule has 5 heteroatoms. The average Bonchev–Trinajstić information content (AvgIpc) is 2.48. The molecule has 3 aromatic rings. The van der Waals surface area contributed by atoms with E-state index in [1.165, 1.54) is 0 Å². The van der Waals surface area contributed by atoms with Gasteiger partial charge in [0, 0.05) is 21.8 Å². The lowest BCUT2D eigenvalue weighted by Crippen LogP contribution is -1.98. The lowest BCUT2D eigenvalue weighted by atomic mass is 10.1. The van der Waals surface area contributed by atoms with E-state index in [1.807, 2.05) is 54.6 Å². The minimum Gasteiger partial charge on any atom is -0.399 e. The van der Waals surface area contributed by atoms with Crippen LogP contribution >= 0.6 is 11.6 Å². The smallest absolute Gasteiger partial charge is 0.221 e. The van der Waals surface area contributed by atoms with Crippen molar-refractivity contribution in [1.29, 1.82) is 0 Å². The highest BCUT2D eigenvalue weighted by Gasteiger charge is 2.07. The number of nitrogens with zero attached hydrogens (tertiary/aromatic N) is 2. The van der Waals surface area contributed by atoms with Gasteiger partial charge in [0.15, 0.2) is 0 Å². The Morgan fingerprint density at radius 2 is 1.19 bits per heavy atom. The van der Waals surface area contributed by atoms with Gasteiger partial charge in [0.25, 0.3) is 0 Å². The van der Waals surface area contributed by atoms with Gasteiger partial charge in [-0.3, -0.25) is 0 Å². The van der Waals surface area contributed by atoms with Crippen LogP contribution in [-0.4, -0.2) is 9.97 Å². The number of hydrogen-bond donors (Lipinski definition) is 2. The second kappa shape index (κ2) is 5.42. The number of nitrogen functional groups attached to an aromatic ring is 2. The van der Waals surface area contributed by atoms with E-state index in [0.29, 0.717) is 10.7 Å². The average molecular weight is 297 g/mol. The van der Waals surface area contributed by atoms with Crippen molar-refractivity contribution in [2.24, 2.45) is 0 Å². The van der Waals surface area contributed by atoms with E-state index in [-0.39, 0.29) is 5.95 Å². The van der Waals surface area contributed by atoms with Gasteiger partial charge in [-0.2, -0.15) is 0 Å². The Morgan fingerprint density at radius 3 is 1.71 bits per heavy atom. The summed E-state index contributed by atoms with van der Waals surface area (Å²) in [4.78, 5) is 8.55.